The van der Waals surface area contributed by atoms with Gasteiger partial charge in [0.05, 0.1) is 5.70 Å². The Balaban J connectivity index is -0.000000282. The van der Waals surface area contributed by atoms with E-state index in [0.29, 0.717) is 6.54 Å². The standard InChI is InChI=1S/C18H26N2.C4H8.C3H6S.C2H6/c1-5-8-12-16(11-7-3)18(20-4)17(13-9-6-2)14-10-15-19;1-3-4-2;1-2-3-4;1-2/h5-12,14H,4,13,15,19H2,1-3H3;3H,1,4H2,2H3;2-4H,1H3;1-2H3/b8-5+,9-6+,11-7-,14-10-,16-12+,18-17-;;3-2+;. The first-order valence-electron chi connectivity index (χ1n) is 10.6. The summed E-state index contributed by atoms with van der Waals surface area (Å²) in [6.07, 6.45) is 23.8. The fourth-order valence-corrected chi connectivity index (χ4v) is 1.67. The third-order valence-corrected chi connectivity index (χ3v) is 3.31. The average molecular weight is 431 g/mol. The molecule has 0 unspecified atom stereocenters. The first-order chi connectivity index (χ1) is 14.6. The van der Waals surface area contributed by atoms with E-state index < -0.39 is 0 Å². The molecule has 0 atom stereocenters. The molecule has 170 valence electrons. The number of aliphatic imine (C=N–C) groups is 1. The zero-order valence-corrected chi connectivity index (χ0v) is 21.3. The molecule has 2 N–H and O–H groups in total. The molecular formula is C27H46N2S. The Hall–Kier alpha value is -2.10. The largest absolute Gasteiger partial charge is 0.327 e. The van der Waals surface area contributed by atoms with E-state index in [0.717, 1.165) is 29.7 Å². The summed E-state index contributed by atoms with van der Waals surface area (Å²) in [5.74, 6) is 0. The van der Waals surface area contributed by atoms with Crippen molar-refractivity contribution in [2.24, 2.45) is 10.7 Å². The van der Waals surface area contributed by atoms with E-state index in [-0.39, 0.29) is 0 Å². The zero-order chi connectivity index (χ0) is 24.0. The quantitative estimate of drug-likeness (QED) is 0.163. The smallest absolute Gasteiger partial charge is 0.0729 e. The molecule has 0 fully saturated rings. The van der Waals surface area contributed by atoms with Crippen LogP contribution in [0.3, 0.4) is 0 Å². The molecule has 0 aliphatic heterocycles. The van der Waals surface area contributed by atoms with Gasteiger partial charge in [-0.15, -0.1) is 6.58 Å². The Morgan fingerprint density at radius 2 is 1.53 bits per heavy atom. The summed E-state index contributed by atoms with van der Waals surface area (Å²) in [6, 6.07) is 0. The van der Waals surface area contributed by atoms with Gasteiger partial charge in [-0.3, -0.25) is 4.99 Å². The van der Waals surface area contributed by atoms with Gasteiger partial charge >= 0.3 is 0 Å². The van der Waals surface area contributed by atoms with Crippen LogP contribution in [0.15, 0.2) is 101 Å². The first-order valence-corrected chi connectivity index (χ1v) is 11.1. The van der Waals surface area contributed by atoms with Gasteiger partial charge < -0.3 is 5.73 Å². The molecule has 0 aromatic carbocycles. The maximum atomic E-state index is 5.55. The van der Waals surface area contributed by atoms with E-state index in [2.05, 4.69) is 43.9 Å². The van der Waals surface area contributed by atoms with Gasteiger partial charge in [-0.25, -0.2) is 0 Å². The van der Waals surface area contributed by atoms with Crippen molar-refractivity contribution in [2.75, 3.05) is 6.54 Å². The Labute approximate surface area is 193 Å². The van der Waals surface area contributed by atoms with Crippen LogP contribution in [0.4, 0.5) is 0 Å². The first kappa shape index (κ1) is 35.3. The summed E-state index contributed by atoms with van der Waals surface area (Å²) in [5.41, 5.74) is 8.59. The summed E-state index contributed by atoms with van der Waals surface area (Å²) in [7, 11) is 0. The van der Waals surface area contributed by atoms with Crippen molar-refractivity contribution in [3.8, 4) is 0 Å². The van der Waals surface area contributed by atoms with Crippen LogP contribution >= 0.6 is 12.6 Å². The summed E-state index contributed by atoms with van der Waals surface area (Å²) >= 11 is 3.74. The highest BCUT2D eigenvalue weighted by Gasteiger charge is 2.05. The molecule has 0 aromatic rings. The van der Waals surface area contributed by atoms with Crippen molar-refractivity contribution in [2.45, 2.75) is 61.3 Å². The van der Waals surface area contributed by atoms with Crippen molar-refractivity contribution >= 4 is 19.3 Å². The molecule has 0 spiro atoms. The summed E-state index contributed by atoms with van der Waals surface area (Å²) in [5, 5.41) is 1.69. The van der Waals surface area contributed by atoms with Gasteiger partial charge in [-0.2, -0.15) is 12.6 Å². The van der Waals surface area contributed by atoms with Crippen LogP contribution in [0.1, 0.15) is 61.3 Å². The van der Waals surface area contributed by atoms with Crippen LogP contribution in [-0.4, -0.2) is 13.3 Å². The number of thiol groups is 1. The molecule has 0 aromatic heterocycles. The molecule has 0 radical (unpaired) electrons. The lowest BCUT2D eigenvalue weighted by Crippen LogP contribution is -1.95. The van der Waals surface area contributed by atoms with Gasteiger partial charge in [0.25, 0.3) is 0 Å². The number of rotatable bonds is 9. The third-order valence-electron chi connectivity index (χ3n) is 3.02. The Kier molecular flexibility index (Phi) is 40.5. The van der Waals surface area contributed by atoms with Gasteiger partial charge in [0.2, 0.25) is 0 Å². The lowest BCUT2D eigenvalue weighted by Gasteiger charge is -2.08. The SMILES string of the molecule is C/C=C/S.C=CCC.C=NC(=C(\C=C/CN)C/C=C/C)/C(/C=C\C)=C/C=C/C.CC. The van der Waals surface area contributed by atoms with Crippen LogP contribution in [0.25, 0.3) is 0 Å². The lowest BCUT2D eigenvalue weighted by atomic mass is 10.0. The van der Waals surface area contributed by atoms with Crippen LogP contribution in [0.2, 0.25) is 0 Å². The van der Waals surface area contributed by atoms with Crippen molar-refractivity contribution in [3.63, 3.8) is 0 Å². The van der Waals surface area contributed by atoms with Crippen LogP contribution in [0.5, 0.6) is 0 Å². The molecule has 0 saturated carbocycles. The van der Waals surface area contributed by atoms with Gasteiger partial charge in [-0.05, 0) is 58.2 Å². The van der Waals surface area contributed by atoms with Gasteiger partial charge in [0, 0.05) is 12.1 Å². The molecule has 0 aliphatic carbocycles. The Bertz CT molecular complexity index is 582. The molecule has 3 heteroatoms. The summed E-state index contributed by atoms with van der Waals surface area (Å²) in [4.78, 5) is 4.22. The van der Waals surface area contributed by atoms with Gasteiger partial charge in [-0.1, -0.05) is 87.6 Å². The molecule has 2 nitrogen and oxygen atoms in total. The lowest BCUT2D eigenvalue weighted by molar-refractivity contribution is 1.17. The van der Waals surface area contributed by atoms with Crippen molar-refractivity contribution in [1.29, 1.82) is 0 Å². The topological polar surface area (TPSA) is 38.4 Å². The maximum Gasteiger partial charge on any atom is 0.0729 e. The highest BCUT2D eigenvalue weighted by molar-refractivity contribution is 7.83. The minimum Gasteiger partial charge on any atom is -0.327 e. The second kappa shape index (κ2) is 34.4. The number of nitrogens with two attached hydrogens (primary N) is 1. The fraction of sp³-hybridized carbons (Fsp3) is 0.370. The van der Waals surface area contributed by atoms with E-state index >= 15 is 0 Å². The molecule has 0 heterocycles. The fourth-order valence-electron chi connectivity index (χ4n) is 1.67. The number of allylic oxidation sites excluding steroid dienone is 11. The molecule has 30 heavy (non-hydrogen) atoms. The van der Waals surface area contributed by atoms with Gasteiger partial charge in [0.15, 0.2) is 0 Å². The predicted molar refractivity (Wildman–Crippen MR) is 148 cm³/mol. The van der Waals surface area contributed by atoms with E-state index in [4.69, 9.17) is 5.73 Å². The predicted octanol–water partition coefficient (Wildman–Crippen LogP) is 8.56. The van der Waals surface area contributed by atoms with Crippen LogP contribution in [-0.2, 0) is 0 Å². The van der Waals surface area contributed by atoms with Crippen LogP contribution in [0, 0.1) is 0 Å². The summed E-state index contributed by atoms with van der Waals surface area (Å²) in [6.45, 7) is 21.7. The molecule has 0 aliphatic rings. The Morgan fingerprint density at radius 1 is 0.967 bits per heavy atom. The molecule has 0 amide bonds. The number of nitrogens with zero attached hydrogens (tertiary/aromatic N) is 1. The minimum atomic E-state index is 0.515. The third kappa shape index (κ3) is 25.9. The Morgan fingerprint density at radius 3 is 1.87 bits per heavy atom. The van der Waals surface area contributed by atoms with E-state index in [1.165, 1.54) is 0 Å². The molecule has 0 saturated heterocycles. The second-order valence-electron chi connectivity index (χ2n) is 5.27. The van der Waals surface area contributed by atoms with E-state index in [1.54, 1.807) is 5.41 Å². The second-order valence-corrected chi connectivity index (χ2v) is 5.57. The van der Waals surface area contributed by atoms with E-state index in [1.807, 2.05) is 102 Å². The van der Waals surface area contributed by atoms with E-state index in [9.17, 15) is 0 Å². The van der Waals surface area contributed by atoms with Crippen molar-refractivity contribution < 1.29 is 0 Å². The molecule has 0 rings (SSSR count). The molecular weight excluding hydrogens is 384 g/mol. The highest BCUT2D eigenvalue weighted by atomic mass is 32.1. The minimum absolute atomic E-state index is 0.515. The molecule has 0 bridgehead atoms. The van der Waals surface area contributed by atoms with Gasteiger partial charge in [0.1, 0.15) is 0 Å². The average Bonchev–Trinajstić information content (AvgIpc) is 2.80. The number of hydrogen-bond acceptors (Lipinski definition) is 3. The highest BCUT2D eigenvalue weighted by Crippen LogP contribution is 2.22. The van der Waals surface area contributed by atoms with Crippen molar-refractivity contribution in [1.82, 2.24) is 0 Å². The maximum absolute atomic E-state index is 5.55. The zero-order valence-electron chi connectivity index (χ0n) is 20.4. The van der Waals surface area contributed by atoms with Crippen molar-refractivity contribution in [3.05, 3.63) is 95.7 Å². The monoisotopic (exact) mass is 430 g/mol. The number of hydrogen-bond donors (Lipinski definition) is 2. The van der Waals surface area contributed by atoms with Crippen LogP contribution < -0.4 is 5.73 Å². The normalized spacial score (nSPS) is 12.2. The summed E-state index contributed by atoms with van der Waals surface area (Å²) < 4.78 is 0.